The number of likely N-dealkylation sites (tertiary alicyclic amines) is 1. The van der Waals surface area contributed by atoms with E-state index in [1.165, 1.54) is 0 Å². The number of rotatable bonds is 4. The molecule has 1 aromatic heterocycles. The van der Waals surface area contributed by atoms with Gasteiger partial charge in [-0.1, -0.05) is 12.1 Å². The van der Waals surface area contributed by atoms with Gasteiger partial charge in [-0.25, -0.2) is 9.78 Å². The van der Waals surface area contributed by atoms with E-state index in [-0.39, 0.29) is 18.1 Å². The van der Waals surface area contributed by atoms with Crippen LogP contribution in [0.25, 0.3) is 11.0 Å². The van der Waals surface area contributed by atoms with Gasteiger partial charge >= 0.3 is 6.03 Å². The summed E-state index contributed by atoms with van der Waals surface area (Å²) in [5.41, 5.74) is 3.91. The second-order valence-corrected chi connectivity index (χ2v) is 7.90. The molecule has 2 amide bonds. The normalized spacial score (nSPS) is 19.8. The molecule has 3 N–H and O–H groups in total. The number of fused-ring (bicyclic) bond motifs is 1. The molecule has 0 saturated carbocycles. The molecule has 7 heteroatoms. The first kappa shape index (κ1) is 19.3. The Morgan fingerprint density at radius 1 is 1.17 bits per heavy atom. The minimum Gasteiger partial charge on any atom is -0.378 e. The van der Waals surface area contributed by atoms with E-state index < -0.39 is 0 Å². The maximum absolute atomic E-state index is 12.5. The molecule has 29 heavy (non-hydrogen) atoms. The van der Waals surface area contributed by atoms with Gasteiger partial charge in [-0.05, 0) is 56.3 Å². The molecular weight excluding hydrogens is 364 g/mol. The molecule has 4 rings (SSSR count). The summed E-state index contributed by atoms with van der Waals surface area (Å²) < 4.78 is 0. The summed E-state index contributed by atoms with van der Waals surface area (Å²) >= 11 is 0. The van der Waals surface area contributed by atoms with Crippen LogP contribution in [0.3, 0.4) is 0 Å². The van der Waals surface area contributed by atoms with Crippen molar-refractivity contribution in [1.29, 1.82) is 0 Å². The van der Waals surface area contributed by atoms with Crippen LogP contribution < -0.4 is 15.5 Å². The molecule has 0 bridgehead atoms. The lowest BCUT2D eigenvalue weighted by atomic mass is 9.97. The minimum atomic E-state index is -0.166. The zero-order valence-corrected chi connectivity index (χ0v) is 17.1. The molecule has 3 aromatic rings. The molecule has 1 fully saturated rings. The highest BCUT2D eigenvalue weighted by atomic mass is 16.2. The largest absolute Gasteiger partial charge is 0.378 e. The van der Waals surface area contributed by atoms with Gasteiger partial charge in [0.05, 0.1) is 17.1 Å². The number of aromatic nitrogens is 2. The first-order valence-corrected chi connectivity index (χ1v) is 9.99. The van der Waals surface area contributed by atoms with Crippen molar-refractivity contribution in [3.8, 4) is 0 Å². The highest BCUT2D eigenvalue weighted by Gasteiger charge is 2.30. The fourth-order valence-electron chi connectivity index (χ4n) is 3.86. The number of urea groups is 1. The Morgan fingerprint density at radius 2 is 1.93 bits per heavy atom. The summed E-state index contributed by atoms with van der Waals surface area (Å²) in [5.74, 6) is 0.958. The first-order valence-electron chi connectivity index (χ1n) is 9.99. The van der Waals surface area contributed by atoms with Crippen LogP contribution >= 0.6 is 0 Å². The summed E-state index contributed by atoms with van der Waals surface area (Å²) in [5, 5.41) is 6.07. The third-order valence-electron chi connectivity index (χ3n) is 5.57. The maximum atomic E-state index is 12.5. The van der Waals surface area contributed by atoms with E-state index >= 15 is 0 Å². The molecule has 7 nitrogen and oxygen atoms in total. The lowest BCUT2D eigenvalue weighted by Crippen LogP contribution is -2.46. The van der Waals surface area contributed by atoms with Gasteiger partial charge in [-0.2, -0.15) is 0 Å². The monoisotopic (exact) mass is 392 g/mol. The quantitative estimate of drug-likeness (QED) is 0.634. The third-order valence-corrected chi connectivity index (χ3v) is 5.57. The molecule has 0 spiro atoms. The molecule has 152 valence electrons. The SMILES string of the molecule is CN(C)c1ccc(NC(=O)NC2CCN(C)C(c3nc4ccccc4[nH]3)C2)cc1. The molecular formula is C22H28N6O. The summed E-state index contributed by atoms with van der Waals surface area (Å²) in [6.45, 7) is 0.907. The van der Waals surface area contributed by atoms with Gasteiger partial charge in [0.25, 0.3) is 0 Å². The number of hydrogen-bond donors (Lipinski definition) is 3. The van der Waals surface area contributed by atoms with Crippen molar-refractivity contribution in [2.45, 2.75) is 24.9 Å². The van der Waals surface area contributed by atoms with Gasteiger partial charge in [0.2, 0.25) is 0 Å². The molecule has 1 aliphatic heterocycles. The van der Waals surface area contributed by atoms with Crippen molar-refractivity contribution in [1.82, 2.24) is 20.2 Å². The van der Waals surface area contributed by atoms with Crippen LogP contribution in [-0.4, -0.2) is 54.6 Å². The average Bonchev–Trinajstić information content (AvgIpc) is 3.14. The number of amides is 2. The lowest BCUT2D eigenvalue weighted by Gasteiger charge is -2.36. The highest BCUT2D eigenvalue weighted by Crippen LogP contribution is 2.29. The minimum absolute atomic E-state index is 0.102. The Balaban J connectivity index is 1.39. The molecule has 1 aliphatic rings. The number of hydrogen-bond acceptors (Lipinski definition) is 4. The summed E-state index contributed by atoms with van der Waals surface area (Å²) in [7, 11) is 6.10. The number of anilines is 2. The second-order valence-electron chi connectivity index (χ2n) is 7.90. The van der Waals surface area contributed by atoms with Crippen molar-refractivity contribution in [2.75, 3.05) is 37.9 Å². The fourth-order valence-corrected chi connectivity index (χ4v) is 3.86. The number of H-pyrrole nitrogens is 1. The van der Waals surface area contributed by atoms with E-state index in [2.05, 4.69) is 27.6 Å². The number of benzene rings is 2. The van der Waals surface area contributed by atoms with Crippen LogP contribution in [0.2, 0.25) is 0 Å². The van der Waals surface area contributed by atoms with Crippen molar-refractivity contribution in [3.63, 3.8) is 0 Å². The standard InChI is InChI=1S/C22H28N6O/c1-27(2)17-10-8-15(9-11-17)23-22(29)24-16-12-13-28(3)20(14-16)21-25-18-6-4-5-7-19(18)26-21/h4-11,16,20H,12-14H2,1-3H3,(H,25,26)(H2,23,24,29). The zero-order chi connectivity index (χ0) is 20.4. The van der Waals surface area contributed by atoms with Gasteiger partial charge in [-0.3, -0.25) is 4.90 Å². The first-order chi connectivity index (χ1) is 14.0. The highest BCUT2D eigenvalue weighted by molar-refractivity contribution is 5.89. The van der Waals surface area contributed by atoms with E-state index in [0.717, 1.165) is 47.6 Å². The Labute approximate surface area is 171 Å². The lowest BCUT2D eigenvalue weighted by molar-refractivity contribution is 0.153. The van der Waals surface area contributed by atoms with Gasteiger partial charge in [0, 0.05) is 38.1 Å². The third kappa shape index (κ3) is 4.35. The molecule has 2 unspecified atom stereocenters. The zero-order valence-electron chi connectivity index (χ0n) is 17.1. The summed E-state index contributed by atoms with van der Waals surface area (Å²) in [6, 6.07) is 16.0. The van der Waals surface area contributed by atoms with Gasteiger partial charge < -0.3 is 20.5 Å². The number of carbonyl (C=O) groups is 1. The number of imidazole rings is 1. The molecule has 2 heterocycles. The van der Waals surface area contributed by atoms with Crippen LogP contribution in [0, 0.1) is 0 Å². The second kappa shape index (κ2) is 8.13. The number of para-hydroxylation sites is 2. The maximum Gasteiger partial charge on any atom is 0.319 e. The Kier molecular flexibility index (Phi) is 5.40. The van der Waals surface area contributed by atoms with Crippen LogP contribution in [0.15, 0.2) is 48.5 Å². The predicted molar refractivity (Wildman–Crippen MR) is 117 cm³/mol. The topological polar surface area (TPSA) is 76.3 Å². The van der Waals surface area contributed by atoms with E-state index in [1.54, 1.807) is 0 Å². The molecule has 0 aliphatic carbocycles. The van der Waals surface area contributed by atoms with Crippen molar-refractivity contribution >= 4 is 28.4 Å². The van der Waals surface area contributed by atoms with Crippen LogP contribution in [0.4, 0.5) is 16.2 Å². The number of carbonyl (C=O) groups excluding carboxylic acids is 1. The smallest absolute Gasteiger partial charge is 0.319 e. The van der Waals surface area contributed by atoms with Crippen molar-refractivity contribution in [3.05, 3.63) is 54.4 Å². The van der Waals surface area contributed by atoms with Crippen LogP contribution in [-0.2, 0) is 0 Å². The predicted octanol–water partition coefficient (Wildman–Crippen LogP) is 3.59. The molecule has 2 atom stereocenters. The number of piperidine rings is 1. The molecule has 1 saturated heterocycles. The number of nitrogens with one attached hydrogen (secondary N) is 3. The fraction of sp³-hybridized carbons (Fsp3) is 0.364. The van der Waals surface area contributed by atoms with Crippen molar-refractivity contribution < 1.29 is 4.79 Å². The Morgan fingerprint density at radius 3 is 2.66 bits per heavy atom. The van der Waals surface area contributed by atoms with E-state index in [9.17, 15) is 4.79 Å². The number of aromatic amines is 1. The van der Waals surface area contributed by atoms with Gasteiger partial charge in [0.1, 0.15) is 5.82 Å². The summed E-state index contributed by atoms with van der Waals surface area (Å²) in [6.07, 6.45) is 1.74. The molecule has 0 radical (unpaired) electrons. The van der Waals surface area contributed by atoms with Crippen molar-refractivity contribution in [2.24, 2.45) is 0 Å². The van der Waals surface area contributed by atoms with E-state index in [1.807, 2.05) is 67.5 Å². The van der Waals surface area contributed by atoms with Gasteiger partial charge in [0.15, 0.2) is 0 Å². The van der Waals surface area contributed by atoms with Crippen LogP contribution in [0.1, 0.15) is 24.7 Å². The van der Waals surface area contributed by atoms with E-state index in [0.29, 0.717) is 0 Å². The summed E-state index contributed by atoms with van der Waals surface area (Å²) in [4.78, 5) is 25.0. The van der Waals surface area contributed by atoms with Gasteiger partial charge in [-0.15, -0.1) is 0 Å². The Hall–Kier alpha value is -3.06. The molecule has 2 aromatic carbocycles. The van der Waals surface area contributed by atoms with Crippen LogP contribution in [0.5, 0.6) is 0 Å². The number of nitrogens with zero attached hydrogens (tertiary/aromatic N) is 3. The average molecular weight is 393 g/mol. The Bertz CT molecular complexity index is 947. The van der Waals surface area contributed by atoms with E-state index in [4.69, 9.17) is 4.98 Å².